The first kappa shape index (κ1) is 17.2. The molecule has 1 saturated heterocycles. The molecule has 0 bridgehead atoms. The molecular weight excluding hydrogens is 329 g/mol. The molecule has 0 aromatic rings. The minimum atomic E-state index is -1.42. The maximum absolute atomic E-state index is 11.7. The van der Waals surface area contributed by atoms with Gasteiger partial charge in [-0.3, -0.25) is 5.32 Å². The molecule has 1 fully saturated rings. The number of allylic oxidation sites excluding steroid dienone is 1. The van der Waals surface area contributed by atoms with Gasteiger partial charge in [0.15, 0.2) is 5.54 Å². The molecule has 22 heavy (non-hydrogen) atoms. The largest absolute Gasteiger partial charge is 0.453 e. The number of methoxy groups -OCH3 is 1. The zero-order valence-corrected chi connectivity index (χ0v) is 13.9. The van der Waals surface area contributed by atoms with E-state index in [1.807, 2.05) is 0 Å². The molecule has 2 atom stereocenters. The second-order valence-corrected chi connectivity index (χ2v) is 6.35. The lowest BCUT2D eigenvalue weighted by atomic mass is 9.83. The van der Waals surface area contributed by atoms with Crippen molar-refractivity contribution in [3.8, 4) is 6.07 Å². The zero-order valence-electron chi connectivity index (χ0n) is 12.3. The van der Waals surface area contributed by atoms with Crippen LogP contribution in [0.4, 0.5) is 4.79 Å². The van der Waals surface area contributed by atoms with E-state index in [0.29, 0.717) is 19.6 Å². The Bertz CT molecular complexity index is 486. The molecule has 0 spiro atoms. The van der Waals surface area contributed by atoms with Gasteiger partial charge in [0.2, 0.25) is 0 Å². The molecule has 0 aromatic heterocycles. The third-order valence-corrected chi connectivity index (χ3v) is 4.80. The van der Waals surface area contributed by atoms with Gasteiger partial charge in [0.05, 0.1) is 26.4 Å². The van der Waals surface area contributed by atoms with E-state index in [-0.39, 0.29) is 5.92 Å². The van der Waals surface area contributed by atoms with Crippen molar-refractivity contribution in [1.82, 2.24) is 10.2 Å². The van der Waals surface area contributed by atoms with Crippen LogP contribution in [0.15, 0.2) is 11.8 Å². The maximum Gasteiger partial charge on any atom is 0.408 e. The molecule has 2 rings (SSSR count). The second kappa shape index (κ2) is 7.40. The molecule has 0 unspecified atom stereocenters. The summed E-state index contributed by atoms with van der Waals surface area (Å²) in [5.74, 6) is -0.283. The predicted octanol–water partition coefficient (Wildman–Crippen LogP) is 2.03. The first-order valence-electron chi connectivity index (χ1n) is 7.13. The summed E-state index contributed by atoms with van der Waals surface area (Å²) in [5, 5.41) is 12.3. The van der Waals surface area contributed by atoms with Crippen LogP contribution < -0.4 is 5.32 Å². The van der Waals surface area contributed by atoms with E-state index in [1.165, 1.54) is 7.11 Å². The van der Waals surface area contributed by atoms with E-state index in [1.54, 1.807) is 0 Å². The fraction of sp³-hybridized carbons (Fsp3) is 0.714. The highest BCUT2D eigenvalue weighted by Crippen LogP contribution is 2.41. The standard InChI is InChI=1S/C14H19Cl2N3O3/c1-21-13(20)18-14(9-17,12(15)16)10-3-2-4-11(10)19-5-7-22-8-6-19/h4,10,12H,2-3,5-8H2,1H3,(H,18,20)/t10-,14-/m1/s1. The van der Waals surface area contributed by atoms with E-state index >= 15 is 0 Å². The molecule has 8 heteroatoms. The SMILES string of the molecule is COC(=O)N[C@@](C#N)(C(Cl)Cl)[C@@H]1CCC=C1N1CCOCC1. The Labute approximate surface area is 139 Å². The van der Waals surface area contributed by atoms with Crippen LogP contribution in [-0.2, 0) is 9.47 Å². The van der Waals surface area contributed by atoms with E-state index < -0.39 is 16.5 Å². The number of nitrogens with zero attached hydrogens (tertiary/aromatic N) is 2. The molecule has 122 valence electrons. The summed E-state index contributed by atoms with van der Waals surface area (Å²) < 4.78 is 9.99. The summed E-state index contributed by atoms with van der Waals surface area (Å²) in [6, 6.07) is 2.12. The third kappa shape index (κ3) is 3.27. The van der Waals surface area contributed by atoms with Crippen molar-refractivity contribution in [3.63, 3.8) is 0 Å². The first-order valence-corrected chi connectivity index (χ1v) is 8.00. The molecule has 0 saturated carbocycles. The Morgan fingerprint density at radius 3 is 2.82 bits per heavy atom. The van der Waals surface area contributed by atoms with Crippen LogP contribution in [0, 0.1) is 17.2 Å². The molecule has 0 aromatic carbocycles. The molecule has 1 aliphatic heterocycles. The lowest BCUT2D eigenvalue weighted by molar-refractivity contribution is 0.0462. The van der Waals surface area contributed by atoms with Gasteiger partial charge in [-0.2, -0.15) is 5.26 Å². The Morgan fingerprint density at radius 1 is 1.59 bits per heavy atom. The van der Waals surface area contributed by atoms with E-state index in [0.717, 1.165) is 25.2 Å². The van der Waals surface area contributed by atoms with E-state index in [4.69, 9.17) is 27.9 Å². The number of nitriles is 1. The summed E-state index contributed by atoms with van der Waals surface area (Å²) in [4.78, 5) is 12.8. The Balaban J connectivity index is 2.28. The van der Waals surface area contributed by atoms with Crippen LogP contribution in [0.1, 0.15) is 12.8 Å². The van der Waals surface area contributed by atoms with Crippen molar-refractivity contribution >= 4 is 29.3 Å². The van der Waals surface area contributed by atoms with Crippen molar-refractivity contribution in [2.45, 2.75) is 23.2 Å². The second-order valence-electron chi connectivity index (χ2n) is 5.26. The number of carbonyl (C=O) groups excluding carboxylic acids is 1. The van der Waals surface area contributed by atoms with Crippen molar-refractivity contribution in [3.05, 3.63) is 11.8 Å². The van der Waals surface area contributed by atoms with Gasteiger partial charge in [0.25, 0.3) is 0 Å². The number of hydrogen-bond acceptors (Lipinski definition) is 5. The number of morpholine rings is 1. The third-order valence-electron chi connectivity index (χ3n) is 4.12. The maximum atomic E-state index is 11.7. The van der Waals surface area contributed by atoms with Crippen LogP contribution >= 0.6 is 23.2 Å². The zero-order chi connectivity index (χ0) is 16.2. The summed E-state index contributed by atoms with van der Waals surface area (Å²) in [6.45, 7) is 2.77. The van der Waals surface area contributed by atoms with E-state index in [9.17, 15) is 10.1 Å². The summed E-state index contributed by atoms with van der Waals surface area (Å²) in [7, 11) is 1.24. The molecule has 1 amide bonds. The average Bonchev–Trinajstić information content (AvgIpc) is 3.02. The van der Waals surface area contributed by atoms with E-state index in [2.05, 4.69) is 27.1 Å². The summed E-state index contributed by atoms with van der Waals surface area (Å²) in [6.07, 6.45) is 2.86. The average molecular weight is 348 g/mol. The predicted molar refractivity (Wildman–Crippen MR) is 82.6 cm³/mol. The summed E-state index contributed by atoms with van der Waals surface area (Å²) >= 11 is 12.2. The highest BCUT2D eigenvalue weighted by molar-refractivity contribution is 6.45. The van der Waals surface area contributed by atoms with Crippen molar-refractivity contribution in [2.24, 2.45) is 5.92 Å². The number of ether oxygens (including phenoxy) is 2. The number of halogens is 2. The number of carbonyl (C=O) groups is 1. The number of rotatable bonds is 4. The van der Waals surface area contributed by atoms with Gasteiger partial charge in [-0.25, -0.2) is 4.79 Å². The quantitative estimate of drug-likeness (QED) is 0.787. The van der Waals surface area contributed by atoms with Gasteiger partial charge in [-0.05, 0) is 12.8 Å². The Morgan fingerprint density at radius 2 is 2.27 bits per heavy atom. The molecule has 1 heterocycles. The van der Waals surface area contributed by atoms with Gasteiger partial charge in [0, 0.05) is 24.7 Å². The molecule has 6 nitrogen and oxygen atoms in total. The fourth-order valence-corrected chi connectivity index (χ4v) is 3.50. The number of hydrogen-bond donors (Lipinski definition) is 1. The molecule has 0 radical (unpaired) electrons. The smallest absolute Gasteiger partial charge is 0.408 e. The molecular formula is C14H19Cl2N3O3. The molecule has 1 aliphatic carbocycles. The monoisotopic (exact) mass is 347 g/mol. The minimum Gasteiger partial charge on any atom is -0.453 e. The van der Waals surface area contributed by atoms with Crippen LogP contribution in [0.5, 0.6) is 0 Å². The normalized spacial score (nSPS) is 24.4. The topological polar surface area (TPSA) is 74.6 Å². The van der Waals surface area contributed by atoms with Gasteiger partial charge in [-0.15, -0.1) is 23.2 Å². The number of amides is 1. The number of alkyl carbamates (subject to hydrolysis) is 1. The van der Waals surface area contributed by atoms with Gasteiger partial charge in [0.1, 0.15) is 4.84 Å². The van der Waals surface area contributed by atoms with Gasteiger partial charge < -0.3 is 14.4 Å². The number of nitrogens with one attached hydrogen (secondary N) is 1. The number of alkyl halides is 2. The Hall–Kier alpha value is -1.16. The highest BCUT2D eigenvalue weighted by atomic mass is 35.5. The fourth-order valence-electron chi connectivity index (χ4n) is 2.99. The minimum absolute atomic E-state index is 0.283. The van der Waals surface area contributed by atoms with Gasteiger partial charge >= 0.3 is 6.09 Å². The summed E-state index contributed by atoms with van der Waals surface area (Å²) in [5.41, 5.74) is -0.427. The lowest BCUT2D eigenvalue weighted by Gasteiger charge is -2.40. The van der Waals surface area contributed by atoms with Crippen molar-refractivity contribution < 1.29 is 14.3 Å². The Kier molecular flexibility index (Phi) is 5.79. The van der Waals surface area contributed by atoms with Crippen molar-refractivity contribution in [2.75, 3.05) is 33.4 Å². The van der Waals surface area contributed by atoms with Crippen LogP contribution in [0.2, 0.25) is 0 Å². The van der Waals surface area contributed by atoms with Crippen LogP contribution in [0.25, 0.3) is 0 Å². The lowest BCUT2D eigenvalue weighted by Crippen LogP contribution is -2.58. The first-order chi connectivity index (χ1) is 10.5. The van der Waals surface area contributed by atoms with Crippen LogP contribution in [0.3, 0.4) is 0 Å². The molecule has 2 aliphatic rings. The highest BCUT2D eigenvalue weighted by Gasteiger charge is 2.50. The van der Waals surface area contributed by atoms with Crippen molar-refractivity contribution in [1.29, 1.82) is 5.26 Å². The van der Waals surface area contributed by atoms with Crippen LogP contribution in [-0.4, -0.2) is 54.8 Å². The molecule has 1 N–H and O–H groups in total. The van der Waals surface area contributed by atoms with Gasteiger partial charge in [-0.1, -0.05) is 6.08 Å².